The average Bonchev–Trinajstić information content (AvgIpc) is 2.93. The van der Waals surface area contributed by atoms with Crippen LogP contribution in [0.4, 0.5) is 5.69 Å². The molecule has 4 rings (SSSR count). The second-order valence-electron chi connectivity index (χ2n) is 7.56. The molecule has 0 radical (unpaired) electrons. The van der Waals surface area contributed by atoms with Gasteiger partial charge in [-0.15, -0.1) is 11.8 Å². The Bertz CT molecular complexity index is 955. The third-order valence-electron chi connectivity index (χ3n) is 5.47. The maximum atomic E-state index is 13.2. The monoisotopic (exact) mass is 486 g/mol. The maximum Gasteiger partial charge on any atom is 0.254 e. The van der Waals surface area contributed by atoms with Gasteiger partial charge < -0.3 is 4.90 Å². The van der Waals surface area contributed by atoms with Gasteiger partial charge in [-0.05, 0) is 49.2 Å². The molecule has 1 atom stereocenters. The summed E-state index contributed by atoms with van der Waals surface area (Å²) in [6, 6.07) is 14.5. The summed E-state index contributed by atoms with van der Waals surface area (Å²) in [6.45, 7) is 1.55. The van der Waals surface area contributed by atoms with Gasteiger partial charge in [-0.2, -0.15) is 0 Å². The van der Waals surface area contributed by atoms with E-state index in [1.807, 2.05) is 41.3 Å². The Morgan fingerprint density at radius 2 is 1.60 bits per heavy atom. The maximum absolute atomic E-state index is 13.2. The van der Waals surface area contributed by atoms with Crippen molar-refractivity contribution in [2.75, 3.05) is 18.0 Å². The number of carbonyl (C=O) groups excluding carboxylic acids is 3. The minimum Gasteiger partial charge on any atom is -0.339 e. The number of amides is 3. The summed E-state index contributed by atoms with van der Waals surface area (Å²) in [5.74, 6) is -0.429. The normalized spacial score (nSPS) is 19.8. The molecular formula is C23H23BrN2O3S. The van der Waals surface area contributed by atoms with Crippen LogP contribution in [0.15, 0.2) is 57.9 Å². The number of anilines is 1. The van der Waals surface area contributed by atoms with Gasteiger partial charge in [-0.25, -0.2) is 4.90 Å². The number of nitrogens with zero attached hydrogens (tertiary/aromatic N) is 2. The molecule has 2 saturated heterocycles. The molecule has 2 aliphatic heterocycles. The number of benzene rings is 2. The van der Waals surface area contributed by atoms with Crippen LogP contribution in [0.3, 0.4) is 0 Å². The largest absolute Gasteiger partial charge is 0.339 e. The number of halogens is 1. The quantitative estimate of drug-likeness (QED) is 0.577. The molecule has 2 aromatic carbocycles. The molecular weight excluding hydrogens is 464 g/mol. The number of carbonyl (C=O) groups is 3. The summed E-state index contributed by atoms with van der Waals surface area (Å²) in [5, 5.41) is -0.528. The van der Waals surface area contributed by atoms with E-state index in [-0.39, 0.29) is 24.1 Å². The summed E-state index contributed by atoms with van der Waals surface area (Å²) >= 11 is 4.69. The van der Waals surface area contributed by atoms with Gasteiger partial charge in [0.05, 0.1) is 16.5 Å². The van der Waals surface area contributed by atoms with Crippen LogP contribution in [0.25, 0.3) is 0 Å². The van der Waals surface area contributed by atoms with E-state index < -0.39 is 5.25 Å². The highest BCUT2D eigenvalue weighted by Crippen LogP contribution is 2.36. The number of hydrogen-bond donors (Lipinski definition) is 0. The van der Waals surface area contributed by atoms with Gasteiger partial charge in [0.15, 0.2) is 0 Å². The third-order valence-corrected chi connectivity index (χ3v) is 7.26. The van der Waals surface area contributed by atoms with Crippen LogP contribution in [0, 0.1) is 0 Å². The molecule has 7 heteroatoms. The fourth-order valence-corrected chi connectivity index (χ4v) is 5.34. The Morgan fingerprint density at radius 1 is 0.933 bits per heavy atom. The molecule has 0 bridgehead atoms. The van der Waals surface area contributed by atoms with Crippen molar-refractivity contribution < 1.29 is 14.4 Å². The van der Waals surface area contributed by atoms with Crippen LogP contribution in [0.2, 0.25) is 0 Å². The molecule has 0 aromatic heterocycles. The van der Waals surface area contributed by atoms with Gasteiger partial charge in [-0.1, -0.05) is 40.9 Å². The smallest absolute Gasteiger partial charge is 0.254 e. The van der Waals surface area contributed by atoms with E-state index in [9.17, 15) is 14.4 Å². The van der Waals surface area contributed by atoms with Crippen molar-refractivity contribution in [1.29, 1.82) is 0 Å². The Balaban J connectivity index is 1.53. The number of hydrogen-bond acceptors (Lipinski definition) is 4. The first-order valence-electron chi connectivity index (χ1n) is 10.2. The van der Waals surface area contributed by atoms with Crippen LogP contribution >= 0.6 is 27.7 Å². The van der Waals surface area contributed by atoms with Gasteiger partial charge >= 0.3 is 0 Å². The molecule has 3 amide bonds. The van der Waals surface area contributed by atoms with Gasteiger partial charge in [0, 0.05) is 28.9 Å². The van der Waals surface area contributed by atoms with Gasteiger partial charge in [0.25, 0.3) is 5.91 Å². The Morgan fingerprint density at radius 3 is 2.30 bits per heavy atom. The molecule has 2 heterocycles. The summed E-state index contributed by atoms with van der Waals surface area (Å²) < 4.78 is 0.886. The Hall–Kier alpha value is -2.12. The van der Waals surface area contributed by atoms with E-state index in [0.717, 1.165) is 48.1 Å². The van der Waals surface area contributed by atoms with Crippen LogP contribution in [0.5, 0.6) is 0 Å². The Kier molecular flexibility index (Phi) is 6.58. The zero-order valence-corrected chi connectivity index (χ0v) is 19.0. The number of rotatable bonds is 4. The van der Waals surface area contributed by atoms with E-state index in [1.165, 1.54) is 16.7 Å². The predicted molar refractivity (Wildman–Crippen MR) is 122 cm³/mol. The predicted octanol–water partition coefficient (Wildman–Crippen LogP) is 4.89. The minimum absolute atomic E-state index is 0.0153. The topological polar surface area (TPSA) is 57.7 Å². The highest BCUT2D eigenvalue weighted by atomic mass is 79.9. The number of likely N-dealkylation sites (tertiary alicyclic amines) is 1. The van der Waals surface area contributed by atoms with Crippen LogP contribution in [-0.4, -0.2) is 41.0 Å². The highest BCUT2D eigenvalue weighted by Gasteiger charge is 2.40. The van der Waals surface area contributed by atoms with Crippen molar-refractivity contribution in [3.05, 3.63) is 58.6 Å². The molecule has 0 saturated carbocycles. The van der Waals surface area contributed by atoms with Crippen LogP contribution in [0.1, 0.15) is 42.5 Å². The van der Waals surface area contributed by atoms with Gasteiger partial charge in [-0.3, -0.25) is 14.4 Å². The average molecular weight is 487 g/mol. The molecule has 30 heavy (non-hydrogen) atoms. The second kappa shape index (κ2) is 9.35. The van der Waals surface area contributed by atoms with Crippen molar-refractivity contribution in [2.45, 2.75) is 42.2 Å². The number of thioether (sulfide) groups is 1. The SMILES string of the molecule is O=C(c1ccccc1S[C@@H]1CC(=O)N(c2ccc(Br)cc2)C1=O)N1CCCCCC1. The van der Waals surface area contributed by atoms with Crippen molar-refractivity contribution in [2.24, 2.45) is 0 Å². The fourth-order valence-electron chi connectivity index (χ4n) is 3.90. The van der Waals surface area contributed by atoms with Crippen molar-refractivity contribution in [1.82, 2.24) is 4.90 Å². The molecule has 2 fully saturated rings. The van der Waals surface area contributed by atoms with E-state index in [4.69, 9.17) is 0 Å². The summed E-state index contributed by atoms with van der Waals surface area (Å²) in [6.07, 6.45) is 4.50. The van der Waals surface area contributed by atoms with E-state index in [2.05, 4.69) is 15.9 Å². The lowest BCUT2D eigenvalue weighted by Gasteiger charge is -2.22. The molecule has 0 spiro atoms. The first-order chi connectivity index (χ1) is 14.5. The van der Waals surface area contributed by atoms with E-state index in [0.29, 0.717) is 11.3 Å². The molecule has 0 aliphatic carbocycles. The molecule has 156 valence electrons. The Labute approximate surface area is 188 Å². The third kappa shape index (κ3) is 4.47. The molecule has 0 N–H and O–H groups in total. The zero-order chi connectivity index (χ0) is 21.1. The standard InChI is InChI=1S/C23H23BrN2O3S/c24-16-9-11-17(12-10-16)26-21(27)15-20(23(26)29)30-19-8-4-3-7-18(19)22(28)25-13-5-1-2-6-14-25/h3-4,7-12,20H,1-2,5-6,13-15H2/t20-/m1/s1. The van der Waals surface area contributed by atoms with Gasteiger partial charge in [0.1, 0.15) is 0 Å². The van der Waals surface area contributed by atoms with Gasteiger partial charge in [0.2, 0.25) is 11.8 Å². The lowest BCUT2D eigenvalue weighted by Crippen LogP contribution is -2.32. The van der Waals surface area contributed by atoms with Crippen molar-refractivity contribution in [3.63, 3.8) is 0 Å². The lowest BCUT2D eigenvalue weighted by atomic mass is 10.2. The fraction of sp³-hybridized carbons (Fsp3) is 0.348. The minimum atomic E-state index is -0.528. The first kappa shape index (κ1) is 21.1. The number of imide groups is 1. The molecule has 5 nitrogen and oxygen atoms in total. The zero-order valence-electron chi connectivity index (χ0n) is 16.6. The summed E-state index contributed by atoms with van der Waals surface area (Å²) in [5.41, 5.74) is 1.19. The van der Waals surface area contributed by atoms with E-state index in [1.54, 1.807) is 12.1 Å². The summed E-state index contributed by atoms with van der Waals surface area (Å²) in [4.78, 5) is 42.7. The van der Waals surface area contributed by atoms with Crippen LogP contribution < -0.4 is 4.90 Å². The highest BCUT2D eigenvalue weighted by molar-refractivity contribution is 9.10. The van der Waals surface area contributed by atoms with Crippen molar-refractivity contribution >= 4 is 51.1 Å². The first-order valence-corrected chi connectivity index (χ1v) is 11.9. The van der Waals surface area contributed by atoms with Crippen molar-refractivity contribution in [3.8, 4) is 0 Å². The lowest BCUT2D eigenvalue weighted by molar-refractivity contribution is -0.121. The summed E-state index contributed by atoms with van der Waals surface area (Å²) in [7, 11) is 0. The van der Waals surface area contributed by atoms with Crippen LogP contribution in [-0.2, 0) is 9.59 Å². The molecule has 0 unspecified atom stereocenters. The second-order valence-corrected chi connectivity index (χ2v) is 9.72. The molecule has 2 aliphatic rings. The molecule has 2 aromatic rings. The van der Waals surface area contributed by atoms with E-state index >= 15 is 0 Å².